The summed E-state index contributed by atoms with van der Waals surface area (Å²) in [6.45, 7) is 5.03. The van der Waals surface area contributed by atoms with Crippen LogP contribution in [0.3, 0.4) is 0 Å². The van der Waals surface area contributed by atoms with Crippen molar-refractivity contribution < 1.29 is 18.8 Å². The number of ether oxygens (including phenoxy) is 2. The number of rotatable bonds is 3. The van der Waals surface area contributed by atoms with E-state index >= 15 is 0 Å². The van der Waals surface area contributed by atoms with Crippen LogP contribution in [0.4, 0.5) is 4.79 Å². The molecule has 8 heteroatoms. The number of aromatic nitrogens is 2. The summed E-state index contributed by atoms with van der Waals surface area (Å²) in [6.07, 6.45) is 7.14. The number of amides is 2. The van der Waals surface area contributed by atoms with E-state index in [0.29, 0.717) is 38.1 Å². The summed E-state index contributed by atoms with van der Waals surface area (Å²) in [5, 5.41) is 4.20. The number of hydrogen-bond donors (Lipinski definition) is 0. The standard InChI is InChI=1S/C20H30N4O4/c25-19(24-8-11-26-12-9-24)23-6-4-20(5-7-23)14-15(3-10-27-20)13-17-21-18(28-22-17)16-1-2-16/h15-16H,1-14H2. The molecule has 3 saturated heterocycles. The SMILES string of the molecule is O=C(N1CCOCC1)N1CCC2(CC1)CC(Cc1noc(C3CC3)n1)CCO2. The Morgan fingerprint density at radius 2 is 1.79 bits per heavy atom. The summed E-state index contributed by atoms with van der Waals surface area (Å²) in [5.74, 6) is 2.71. The normalized spacial score (nSPS) is 27.9. The van der Waals surface area contributed by atoms with Gasteiger partial charge in [-0.05, 0) is 44.4 Å². The Hall–Kier alpha value is -1.67. The maximum Gasteiger partial charge on any atom is 0.320 e. The van der Waals surface area contributed by atoms with Crippen LogP contribution < -0.4 is 0 Å². The molecule has 4 heterocycles. The van der Waals surface area contributed by atoms with Crippen molar-refractivity contribution in [3.63, 3.8) is 0 Å². The molecular weight excluding hydrogens is 360 g/mol. The number of nitrogens with zero attached hydrogens (tertiary/aromatic N) is 4. The van der Waals surface area contributed by atoms with Crippen molar-refractivity contribution in [2.45, 2.75) is 56.5 Å². The Morgan fingerprint density at radius 1 is 1.04 bits per heavy atom. The maximum atomic E-state index is 12.7. The van der Waals surface area contributed by atoms with E-state index in [9.17, 15) is 4.79 Å². The number of piperidine rings is 1. The molecule has 1 aromatic rings. The van der Waals surface area contributed by atoms with Gasteiger partial charge in [0.15, 0.2) is 5.82 Å². The van der Waals surface area contributed by atoms with Gasteiger partial charge in [-0.2, -0.15) is 4.98 Å². The molecule has 1 atom stereocenters. The van der Waals surface area contributed by atoms with Crippen molar-refractivity contribution in [3.05, 3.63) is 11.7 Å². The van der Waals surface area contributed by atoms with Crippen LogP contribution in [0.25, 0.3) is 0 Å². The predicted octanol–water partition coefficient (Wildman–Crippen LogP) is 2.20. The molecule has 1 spiro atoms. The average Bonchev–Trinajstić information content (AvgIpc) is 3.48. The zero-order chi connectivity index (χ0) is 19.0. The van der Waals surface area contributed by atoms with Crippen molar-refractivity contribution in [3.8, 4) is 0 Å². The van der Waals surface area contributed by atoms with Crippen molar-refractivity contribution in [2.24, 2.45) is 5.92 Å². The topological polar surface area (TPSA) is 80.9 Å². The highest BCUT2D eigenvalue weighted by atomic mass is 16.5. The first-order chi connectivity index (χ1) is 13.7. The van der Waals surface area contributed by atoms with E-state index in [2.05, 4.69) is 10.1 Å². The summed E-state index contributed by atoms with van der Waals surface area (Å²) < 4.78 is 17.0. The smallest absolute Gasteiger partial charge is 0.320 e. The highest BCUT2D eigenvalue weighted by Gasteiger charge is 2.42. The third kappa shape index (κ3) is 3.89. The van der Waals surface area contributed by atoms with Crippen molar-refractivity contribution >= 4 is 6.03 Å². The second-order valence-electron chi connectivity index (χ2n) is 8.79. The fraction of sp³-hybridized carbons (Fsp3) is 0.850. The van der Waals surface area contributed by atoms with E-state index in [1.165, 1.54) is 12.8 Å². The van der Waals surface area contributed by atoms with Gasteiger partial charge in [-0.1, -0.05) is 5.16 Å². The lowest BCUT2D eigenvalue weighted by Crippen LogP contribution is -2.55. The summed E-state index contributed by atoms with van der Waals surface area (Å²) in [7, 11) is 0. The van der Waals surface area contributed by atoms with Gasteiger partial charge in [0.25, 0.3) is 0 Å². The number of morpholine rings is 1. The van der Waals surface area contributed by atoms with Crippen molar-refractivity contribution in [1.29, 1.82) is 0 Å². The van der Waals surface area contributed by atoms with E-state index < -0.39 is 0 Å². The van der Waals surface area contributed by atoms with E-state index in [-0.39, 0.29) is 11.6 Å². The third-order valence-electron chi connectivity index (χ3n) is 6.70. The monoisotopic (exact) mass is 390 g/mol. The second-order valence-corrected chi connectivity index (χ2v) is 8.79. The molecule has 3 aliphatic heterocycles. The Kier molecular flexibility index (Phi) is 5.00. The lowest BCUT2D eigenvalue weighted by molar-refractivity contribution is -0.124. The summed E-state index contributed by atoms with van der Waals surface area (Å²) >= 11 is 0. The molecule has 154 valence electrons. The highest BCUT2D eigenvalue weighted by Crippen LogP contribution is 2.40. The molecule has 0 N–H and O–H groups in total. The van der Waals surface area contributed by atoms with Crippen LogP contribution in [-0.4, -0.2) is 77.6 Å². The third-order valence-corrected chi connectivity index (χ3v) is 6.70. The van der Waals surface area contributed by atoms with Gasteiger partial charge in [0, 0.05) is 45.1 Å². The molecule has 5 rings (SSSR count). The Morgan fingerprint density at radius 3 is 2.54 bits per heavy atom. The van der Waals surface area contributed by atoms with Crippen LogP contribution in [-0.2, 0) is 15.9 Å². The summed E-state index contributed by atoms with van der Waals surface area (Å²) in [6, 6.07) is 0.157. The van der Waals surface area contributed by atoms with Crippen LogP contribution >= 0.6 is 0 Å². The Labute approximate surface area is 165 Å². The minimum absolute atomic E-state index is 0.0895. The molecule has 2 amide bonds. The van der Waals surface area contributed by atoms with Crippen LogP contribution in [0.1, 0.15) is 56.2 Å². The van der Waals surface area contributed by atoms with Crippen molar-refractivity contribution in [1.82, 2.24) is 19.9 Å². The minimum Gasteiger partial charge on any atom is -0.378 e. The molecule has 1 saturated carbocycles. The molecule has 1 aromatic heterocycles. The van der Waals surface area contributed by atoms with Gasteiger partial charge in [0.2, 0.25) is 5.89 Å². The van der Waals surface area contributed by atoms with E-state index in [1.807, 2.05) is 9.80 Å². The molecule has 8 nitrogen and oxygen atoms in total. The molecule has 4 aliphatic rings. The van der Waals surface area contributed by atoms with Gasteiger partial charge in [0.05, 0.1) is 18.8 Å². The fourth-order valence-corrected chi connectivity index (χ4v) is 4.82. The molecule has 0 bridgehead atoms. The molecular formula is C20H30N4O4. The highest BCUT2D eigenvalue weighted by molar-refractivity contribution is 5.74. The molecule has 0 aromatic carbocycles. The van der Waals surface area contributed by atoms with Crippen LogP contribution in [0, 0.1) is 5.92 Å². The van der Waals surface area contributed by atoms with Crippen LogP contribution in [0.2, 0.25) is 0 Å². The van der Waals surface area contributed by atoms with Gasteiger partial charge in [-0.3, -0.25) is 0 Å². The molecule has 28 heavy (non-hydrogen) atoms. The summed E-state index contributed by atoms with van der Waals surface area (Å²) in [5.41, 5.74) is -0.0895. The van der Waals surface area contributed by atoms with E-state index in [4.69, 9.17) is 14.0 Å². The molecule has 1 unspecified atom stereocenters. The fourth-order valence-electron chi connectivity index (χ4n) is 4.82. The van der Waals surface area contributed by atoms with Crippen molar-refractivity contribution in [2.75, 3.05) is 46.0 Å². The number of hydrogen-bond acceptors (Lipinski definition) is 6. The molecule has 1 aliphatic carbocycles. The Balaban J connectivity index is 1.15. The van der Waals surface area contributed by atoms with E-state index in [1.54, 1.807) is 0 Å². The zero-order valence-electron chi connectivity index (χ0n) is 16.5. The number of likely N-dealkylation sites (tertiary alicyclic amines) is 1. The van der Waals surface area contributed by atoms with Gasteiger partial charge in [-0.25, -0.2) is 4.79 Å². The zero-order valence-corrected chi connectivity index (χ0v) is 16.5. The lowest BCUT2D eigenvalue weighted by atomic mass is 9.78. The maximum absolute atomic E-state index is 12.7. The predicted molar refractivity (Wildman–Crippen MR) is 100.0 cm³/mol. The molecule has 0 radical (unpaired) electrons. The lowest BCUT2D eigenvalue weighted by Gasteiger charge is -2.47. The van der Waals surface area contributed by atoms with Gasteiger partial charge >= 0.3 is 6.03 Å². The summed E-state index contributed by atoms with van der Waals surface area (Å²) in [4.78, 5) is 21.2. The number of carbonyl (C=O) groups is 1. The first kappa shape index (κ1) is 18.4. The minimum atomic E-state index is -0.0895. The first-order valence-electron chi connectivity index (χ1n) is 10.8. The van der Waals surface area contributed by atoms with Gasteiger partial charge < -0.3 is 23.8 Å². The van der Waals surface area contributed by atoms with Crippen LogP contribution in [0.5, 0.6) is 0 Å². The van der Waals surface area contributed by atoms with Crippen LogP contribution in [0.15, 0.2) is 4.52 Å². The molecule has 4 fully saturated rings. The van der Waals surface area contributed by atoms with Gasteiger partial charge in [0.1, 0.15) is 0 Å². The van der Waals surface area contributed by atoms with Gasteiger partial charge in [-0.15, -0.1) is 0 Å². The first-order valence-corrected chi connectivity index (χ1v) is 10.8. The largest absolute Gasteiger partial charge is 0.378 e. The quantitative estimate of drug-likeness (QED) is 0.787. The average molecular weight is 390 g/mol. The second kappa shape index (κ2) is 7.63. The van der Waals surface area contributed by atoms with E-state index in [0.717, 1.165) is 63.5 Å². The Bertz CT molecular complexity index is 690. The number of urea groups is 1. The number of carbonyl (C=O) groups excluding carboxylic acids is 1.